The number of rotatable bonds is 8. The third-order valence-electron chi connectivity index (χ3n) is 3.14. The predicted octanol–water partition coefficient (Wildman–Crippen LogP) is 3.50. The molecule has 2 aromatic rings. The van der Waals surface area contributed by atoms with Crippen LogP contribution in [0.1, 0.15) is 31.2 Å². The van der Waals surface area contributed by atoms with Gasteiger partial charge in [-0.25, -0.2) is 9.37 Å². The van der Waals surface area contributed by atoms with Gasteiger partial charge in [-0.2, -0.15) is 0 Å². The molecular weight excluding hydrogens is 271 g/mol. The van der Waals surface area contributed by atoms with Crippen molar-refractivity contribution >= 4 is 11.1 Å². The van der Waals surface area contributed by atoms with Crippen LogP contribution in [0.3, 0.4) is 0 Å². The number of unbranched alkanes of at least 4 members (excludes halogenated alkanes) is 1. The van der Waals surface area contributed by atoms with Gasteiger partial charge in [-0.3, -0.25) is 0 Å². The summed E-state index contributed by atoms with van der Waals surface area (Å²) in [5, 5.41) is 0. The molecule has 114 valence electrons. The number of benzene rings is 1. The first kappa shape index (κ1) is 15.7. The molecule has 0 spiro atoms. The van der Waals surface area contributed by atoms with Gasteiger partial charge in [-0.15, -0.1) is 0 Å². The molecule has 2 rings (SSSR count). The van der Waals surface area contributed by atoms with E-state index in [9.17, 15) is 4.39 Å². The van der Waals surface area contributed by atoms with Gasteiger partial charge in [0.15, 0.2) is 11.5 Å². The van der Waals surface area contributed by atoms with Crippen molar-refractivity contribution in [2.45, 2.75) is 38.8 Å². The lowest BCUT2D eigenvalue weighted by molar-refractivity contribution is 0.116. The Balaban J connectivity index is 1.95. The molecular formula is C16H21FN2O2. The van der Waals surface area contributed by atoms with Crippen molar-refractivity contribution in [1.82, 2.24) is 4.98 Å². The number of halogens is 1. The van der Waals surface area contributed by atoms with Crippen molar-refractivity contribution in [1.29, 1.82) is 0 Å². The molecule has 5 heteroatoms. The van der Waals surface area contributed by atoms with Gasteiger partial charge in [0.25, 0.3) is 0 Å². The number of nitrogens with two attached hydrogens (primary N) is 1. The van der Waals surface area contributed by atoms with Crippen LogP contribution >= 0.6 is 0 Å². The fourth-order valence-electron chi connectivity index (χ4n) is 2.00. The fourth-order valence-corrected chi connectivity index (χ4v) is 2.00. The lowest BCUT2D eigenvalue weighted by Crippen LogP contribution is -2.23. The molecule has 1 heterocycles. The Hall–Kier alpha value is -1.72. The topological polar surface area (TPSA) is 61.3 Å². The minimum absolute atomic E-state index is 0.274. The highest BCUT2D eigenvalue weighted by Gasteiger charge is 2.06. The van der Waals surface area contributed by atoms with Gasteiger partial charge in [0.2, 0.25) is 0 Å². The van der Waals surface area contributed by atoms with Crippen molar-refractivity contribution in [2.75, 3.05) is 6.61 Å². The fraction of sp³-hybridized carbons (Fsp3) is 0.438. The van der Waals surface area contributed by atoms with Crippen LogP contribution in [-0.4, -0.2) is 17.6 Å². The number of ether oxygens (including phenoxy) is 1. The standard InChI is InChI=1S/C16H21FN2O2/c1-2-3-4-16-19-14-6-5-12(9-15(14)21-16)10-20-11-13(18)7-8-17/h5-9,13H,2-4,10-11,18H2,1H3. The second-order valence-electron chi connectivity index (χ2n) is 5.01. The lowest BCUT2D eigenvalue weighted by atomic mass is 10.2. The van der Waals surface area contributed by atoms with Crippen molar-refractivity contribution < 1.29 is 13.5 Å². The van der Waals surface area contributed by atoms with Crippen molar-refractivity contribution in [3.05, 3.63) is 42.1 Å². The number of nitrogens with zero attached hydrogens (tertiary/aromatic N) is 1. The minimum atomic E-state index is -0.426. The van der Waals surface area contributed by atoms with Crippen LogP contribution in [-0.2, 0) is 17.8 Å². The summed E-state index contributed by atoms with van der Waals surface area (Å²) in [4.78, 5) is 4.45. The van der Waals surface area contributed by atoms with Gasteiger partial charge in [0.1, 0.15) is 5.52 Å². The first-order valence-corrected chi connectivity index (χ1v) is 7.21. The van der Waals surface area contributed by atoms with Gasteiger partial charge < -0.3 is 14.9 Å². The highest BCUT2D eigenvalue weighted by molar-refractivity contribution is 5.73. The molecule has 0 saturated carbocycles. The summed E-state index contributed by atoms with van der Waals surface area (Å²) in [5.41, 5.74) is 8.23. The molecule has 0 amide bonds. The third kappa shape index (κ3) is 4.65. The third-order valence-corrected chi connectivity index (χ3v) is 3.14. The number of hydrogen-bond acceptors (Lipinski definition) is 4. The summed E-state index contributed by atoms with van der Waals surface area (Å²) in [5.74, 6) is 0.778. The summed E-state index contributed by atoms with van der Waals surface area (Å²) >= 11 is 0. The van der Waals surface area contributed by atoms with Crippen LogP contribution in [0.5, 0.6) is 0 Å². The highest BCUT2D eigenvalue weighted by Crippen LogP contribution is 2.19. The molecule has 0 bridgehead atoms. The molecule has 0 aliphatic heterocycles. The van der Waals surface area contributed by atoms with Crippen LogP contribution in [0, 0.1) is 0 Å². The molecule has 1 unspecified atom stereocenters. The molecule has 0 radical (unpaired) electrons. The summed E-state index contributed by atoms with van der Waals surface area (Å²) in [6.07, 6.45) is 4.75. The number of oxazole rings is 1. The van der Waals surface area contributed by atoms with Gasteiger partial charge in [0.05, 0.1) is 19.5 Å². The second-order valence-corrected chi connectivity index (χ2v) is 5.01. The van der Waals surface area contributed by atoms with Gasteiger partial charge >= 0.3 is 0 Å². The SMILES string of the molecule is CCCCc1nc2ccc(COCC(N)C=CF)cc2o1. The smallest absolute Gasteiger partial charge is 0.195 e. The van der Waals surface area contributed by atoms with Gasteiger partial charge in [-0.1, -0.05) is 19.4 Å². The molecule has 4 nitrogen and oxygen atoms in total. The van der Waals surface area contributed by atoms with E-state index < -0.39 is 6.04 Å². The molecule has 1 aromatic heterocycles. The Kier molecular flexibility index (Phi) is 5.90. The normalized spacial score (nSPS) is 13.3. The largest absolute Gasteiger partial charge is 0.441 e. The van der Waals surface area contributed by atoms with Crippen LogP contribution in [0.2, 0.25) is 0 Å². The zero-order valence-electron chi connectivity index (χ0n) is 12.2. The van der Waals surface area contributed by atoms with E-state index in [-0.39, 0.29) is 6.61 Å². The van der Waals surface area contributed by atoms with Gasteiger partial charge in [-0.05, 0) is 30.2 Å². The Morgan fingerprint density at radius 1 is 1.48 bits per heavy atom. The van der Waals surface area contributed by atoms with Gasteiger partial charge in [0, 0.05) is 12.5 Å². The van der Waals surface area contributed by atoms with Crippen molar-refractivity contribution in [3.8, 4) is 0 Å². The Morgan fingerprint density at radius 3 is 3.10 bits per heavy atom. The Bertz CT molecular complexity index is 595. The predicted molar refractivity (Wildman–Crippen MR) is 80.5 cm³/mol. The Morgan fingerprint density at radius 2 is 2.33 bits per heavy atom. The molecule has 21 heavy (non-hydrogen) atoms. The van der Waals surface area contributed by atoms with Crippen molar-refractivity contribution in [3.63, 3.8) is 0 Å². The maximum Gasteiger partial charge on any atom is 0.195 e. The molecule has 0 fully saturated rings. The molecule has 2 N–H and O–H groups in total. The molecule has 0 aliphatic rings. The van der Waals surface area contributed by atoms with E-state index in [4.69, 9.17) is 14.9 Å². The molecule has 1 atom stereocenters. The maximum atomic E-state index is 11.9. The minimum Gasteiger partial charge on any atom is -0.441 e. The number of hydrogen-bond donors (Lipinski definition) is 1. The monoisotopic (exact) mass is 292 g/mol. The van der Waals surface area contributed by atoms with E-state index >= 15 is 0 Å². The lowest BCUT2D eigenvalue weighted by Gasteiger charge is -2.07. The van der Waals surface area contributed by atoms with Crippen LogP contribution in [0.25, 0.3) is 11.1 Å². The van der Waals surface area contributed by atoms with Crippen LogP contribution in [0.15, 0.2) is 35.0 Å². The first-order chi connectivity index (χ1) is 10.2. The summed E-state index contributed by atoms with van der Waals surface area (Å²) in [7, 11) is 0. The van der Waals surface area contributed by atoms with E-state index in [1.807, 2.05) is 18.2 Å². The zero-order valence-corrected chi connectivity index (χ0v) is 12.2. The maximum absolute atomic E-state index is 11.9. The van der Waals surface area contributed by atoms with E-state index in [1.54, 1.807) is 0 Å². The molecule has 0 saturated heterocycles. The molecule has 1 aromatic carbocycles. The second kappa shape index (κ2) is 7.90. The van der Waals surface area contributed by atoms with E-state index in [2.05, 4.69) is 11.9 Å². The first-order valence-electron chi connectivity index (χ1n) is 7.21. The molecule has 0 aliphatic carbocycles. The highest BCUT2D eigenvalue weighted by atomic mass is 19.1. The van der Waals surface area contributed by atoms with E-state index in [0.717, 1.165) is 41.8 Å². The quantitative estimate of drug-likeness (QED) is 0.809. The van der Waals surface area contributed by atoms with Crippen molar-refractivity contribution in [2.24, 2.45) is 5.73 Å². The summed E-state index contributed by atoms with van der Waals surface area (Å²) < 4.78 is 23.1. The Labute approximate surface area is 123 Å². The van der Waals surface area contributed by atoms with Crippen LogP contribution in [0.4, 0.5) is 4.39 Å². The van der Waals surface area contributed by atoms with E-state index in [0.29, 0.717) is 12.9 Å². The average molecular weight is 292 g/mol. The number of aryl methyl sites for hydroxylation is 1. The summed E-state index contributed by atoms with van der Waals surface area (Å²) in [6, 6.07) is 5.37. The van der Waals surface area contributed by atoms with E-state index in [1.165, 1.54) is 6.08 Å². The number of fused-ring (bicyclic) bond motifs is 1. The van der Waals surface area contributed by atoms with Crippen LogP contribution < -0.4 is 5.73 Å². The number of aromatic nitrogens is 1. The zero-order chi connectivity index (χ0) is 15.1. The summed E-state index contributed by atoms with van der Waals surface area (Å²) in [6.45, 7) is 2.83. The average Bonchev–Trinajstić information content (AvgIpc) is 2.87.